The van der Waals surface area contributed by atoms with Crippen LogP contribution in [-0.2, 0) is 17.8 Å². The van der Waals surface area contributed by atoms with Crippen LogP contribution >= 0.6 is 23.2 Å². The first kappa shape index (κ1) is 16.8. The van der Waals surface area contributed by atoms with Crippen molar-refractivity contribution in [1.82, 2.24) is 4.90 Å². The number of hydrogen-bond acceptors (Lipinski definition) is 2. The molecule has 2 aromatic rings. The summed E-state index contributed by atoms with van der Waals surface area (Å²) >= 11 is 12.3. The van der Waals surface area contributed by atoms with Crippen molar-refractivity contribution in [1.29, 1.82) is 0 Å². The van der Waals surface area contributed by atoms with Gasteiger partial charge in [-0.15, -0.1) is 0 Å². The van der Waals surface area contributed by atoms with Crippen LogP contribution in [0.5, 0.6) is 0 Å². The second-order valence-corrected chi connectivity index (χ2v) is 6.57. The molecule has 1 amide bonds. The molecule has 0 saturated carbocycles. The zero-order chi connectivity index (χ0) is 17.4. The lowest BCUT2D eigenvalue weighted by atomic mass is 10.0. The molecule has 2 aromatic carbocycles. The van der Waals surface area contributed by atoms with Crippen molar-refractivity contribution >= 4 is 35.1 Å². The summed E-state index contributed by atoms with van der Waals surface area (Å²) in [6, 6.07) is 10.1. The molecule has 0 aromatic heterocycles. The van der Waals surface area contributed by atoms with Crippen molar-refractivity contribution in [2.45, 2.75) is 25.9 Å². The van der Waals surface area contributed by atoms with Gasteiger partial charge in [-0.3, -0.25) is 4.79 Å². The van der Waals surface area contributed by atoms with Gasteiger partial charge in [-0.25, -0.2) is 4.79 Å². The van der Waals surface area contributed by atoms with Crippen LogP contribution in [0.4, 0.5) is 0 Å². The molecule has 0 spiro atoms. The summed E-state index contributed by atoms with van der Waals surface area (Å²) in [6.45, 7) is 2.17. The molecule has 124 valence electrons. The average molecular weight is 364 g/mol. The van der Waals surface area contributed by atoms with Crippen LogP contribution in [0.2, 0.25) is 10.0 Å². The Bertz CT molecular complexity index is 815. The summed E-state index contributed by atoms with van der Waals surface area (Å²) in [5.74, 6) is -1.12. The third-order valence-electron chi connectivity index (χ3n) is 4.40. The van der Waals surface area contributed by atoms with Gasteiger partial charge in [-0.1, -0.05) is 41.4 Å². The van der Waals surface area contributed by atoms with Gasteiger partial charge in [0, 0.05) is 16.6 Å². The van der Waals surface area contributed by atoms with Gasteiger partial charge in [0.15, 0.2) is 0 Å². The van der Waals surface area contributed by atoms with Crippen LogP contribution in [0.3, 0.4) is 0 Å². The number of fused-ring (bicyclic) bond motifs is 1. The lowest BCUT2D eigenvalue weighted by Gasteiger charge is -2.22. The molecule has 0 unspecified atom stereocenters. The van der Waals surface area contributed by atoms with Gasteiger partial charge >= 0.3 is 5.97 Å². The van der Waals surface area contributed by atoms with E-state index in [-0.39, 0.29) is 30.5 Å². The van der Waals surface area contributed by atoms with E-state index in [9.17, 15) is 14.7 Å². The number of amides is 1. The number of halogens is 2. The third-order valence-corrected chi connectivity index (χ3v) is 5.11. The zero-order valence-corrected chi connectivity index (χ0v) is 14.4. The van der Waals surface area contributed by atoms with Crippen molar-refractivity contribution in [2.75, 3.05) is 0 Å². The smallest absolute Gasteiger partial charge is 0.336 e. The summed E-state index contributed by atoms with van der Waals surface area (Å²) in [5, 5.41) is 10.2. The van der Waals surface area contributed by atoms with E-state index in [2.05, 4.69) is 0 Å². The van der Waals surface area contributed by atoms with Gasteiger partial charge < -0.3 is 10.0 Å². The van der Waals surface area contributed by atoms with E-state index in [1.807, 2.05) is 13.0 Å². The number of rotatable bonds is 3. The number of benzene rings is 2. The monoisotopic (exact) mass is 363 g/mol. The molecule has 3 rings (SSSR count). The number of carbonyl (C=O) groups excluding carboxylic acids is 1. The average Bonchev–Trinajstić information content (AvgIpc) is 2.88. The number of carboxylic acid groups (broad SMARTS) is 1. The van der Waals surface area contributed by atoms with Crippen LogP contribution < -0.4 is 0 Å². The Labute approximate surface area is 149 Å². The Balaban J connectivity index is 1.88. The molecule has 0 aliphatic carbocycles. The van der Waals surface area contributed by atoms with Gasteiger partial charge in [0.05, 0.1) is 18.0 Å². The van der Waals surface area contributed by atoms with Gasteiger partial charge in [0.1, 0.15) is 0 Å². The lowest BCUT2D eigenvalue weighted by Crippen LogP contribution is -2.29. The molecule has 0 saturated heterocycles. The summed E-state index contributed by atoms with van der Waals surface area (Å²) < 4.78 is 0. The molecule has 0 fully saturated rings. The summed E-state index contributed by atoms with van der Waals surface area (Å²) in [4.78, 5) is 25.8. The van der Waals surface area contributed by atoms with Crippen molar-refractivity contribution in [3.8, 4) is 0 Å². The quantitative estimate of drug-likeness (QED) is 0.882. The van der Waals surface area contributed by atoms with E-state index in [1.165, 1.54) is 0 Å². The minimum atomic E-state index is -0.984. The van der Waals surface area contributed by atoms with Crippen LogP contribution in [0.25, 0.3) is 0 Å². The molecular formula is C18H15Cl2NO3. The minimum absolute atomic E-state index is 0.0826. The zero-order valence-electron chi connectivity index (χ0n) is 12.9. The number of aromatic carboxylic acids is 1. The van der Waals surface area contributed by atoms with E-state index in [4.69, 9.17) is 23.2 Å². The van der Waals surface area contributed by atoms with Crippen molar-refractivity contribution in [3.63, 3.8) is 0 Å². The first-order valence-electron chi connectivity index (χ1n) is 7.47. The van der Waals surface area contributed by atoms with Crippen LogP contribution in [0, 0.1) is 0 Å². The number of hydrogen-bond donors (Lipinski definition) is 1. The van der Waals surface area contributed by atoms with Crippen LogP contribution in [0.15, 0.2) is 36.4 Å². The Morgan fingerprint density at radius 1 is 1.17 bits per heavy atom. The van der Waals surface area contributed by atoms with E-state index in [0.717, 1.165) is 5.56 Å². The van der Waals surface area contributed by atoms with Gasteiger partial charge in [0.25, 0.3) is 0 Å². The molecular weight excluding hydrogens is 349 g/mol. The standard InChI is InChI=1S/C18H15Cl2NO3/c1-10-11-4-2-5-12(18(23)24)14(11)9-21(10)17(22)8-13-15(19)6-3-7-16(13)20/h2-7,10H,8-9H2,1H3,(H,23,24)/t10-/m0/s1. The maximum atomic E-state index is 12.7. The van der Waals surface area contributed by atoms with Crippen molar-refractivity contribution < 1.29 is 14.7 Å². The molecule has 0 radical (unpaired) electrons. The molecule has 1 atom stereocenters. The second-order valence-electron chi connectivity index (χ2n) is 5.75. The maximum Gasteiger partial charge on any atom is 0.336 e. The third kappa shape index (κ3) is 2.87. The van der Waals surface area contributed by atoms with Crippen molar-refractivity contribution in [2.24, 2.45) is 0 Å². The Morgan fingerprint density at radius 2 is 1.79 bits per heavy atom. The van der Waals surface area contributed by atoms with E-state index < -0.39 is 5.97 Å². The largest absolute Gasteiger partial charge is 0.478 e. The Kier molecular flexibility index (Phi) is 4.52. The molecule has 0 bridgehead atoms. The molecule has 1 heterocycles. The first-order valence-corrected chi connectivity index (χ1v) is 8.23. The highest BCUT2D eigenvalue weighted by atomic mass is 35.5. The van der Waals surface area contributed by atoms with E-state index in [1.54, 1.807) is 35.2 Å². The highest BCUT2D eigenvalue weighted by Gasteiger charge is 2.33. The first-order chi connectivity index (χ1) is 11.4. The fraction of sp³-hybridized carbons (Fsp3) is 0.222. The number of nitrogens with zero attached hydrogens (tertiary/aromatic N) is 1. The van der Waals surface area contributed by atoms with E-state index >= 15 is 0 Å². The molecule has 1 aliphatic rings. The molecule has 4 nitrogen and oxygen atoms in total. The Morgan fingerprint density at radius 3 is 2.42 bits per heavy atom. The topological polar surface area (TPSA) is 57.6 Å². The van der Waals surface area contributed by atoms with Crippen LogP contribution in [-0.4, -0.2) is 21.9 Å². The number of carbonyl (C=O) groups is 2. The van der Waals surface area contributed by atoms with Crippen molar-refractivity contribution in [3.05, 3.63) is 68.7 Å². The fourth-order valence-electron chi connectivity index (χ4n) is 3.11. The number of carboxylic acids is 1. The highest BCUT2D eigenvalue weighted by Crippen LogP contribution is 2.36. The lowest BCUT2D eigenvalue weighted by molar-refractivity contribution is -0.132. The van der Waals surface area contributed by atoms with E-state index in [0.29, 0.717) is 21.2 Å². The maximum absolute atomic E-state index is 12.7. The van der Waals surface area contributed by atoms with Crippen LogP contribution in [0.1, 0.15) is 40.0 Å². The molecule has 1 N–H and O–H groups in total. The predicted molar refractivity (Wildman–Crippen MR) is 92.5 cm³/mol. The molecule has 24 heavy (non-hydrogen) atoms. The predicted octanol–water partition coefficient (Wildman–Crippen LogP) is 4.34. The minimum Gasteiger partial charge on any atom is -0.478 e. The SMILES string of the molecule is C[C@H]1c2cccc(C(=O)O)c2CN1C(=O)Cc1c(Cl)cccc1Cl. The van der Waals surface area contributed by atoms with Gasteiger partial charge in [-0.2, -0.15) is 0 Å². The van der Waals surface area contributed by atoms with Gasteiger partial charge in [0.2, 0.25) is 5.91 Å². The normalized spacial score (nSPS) is 16.1. The molecule has 6 heteroatoms. The summed E-state index contributed by atoms with van der Waals surface area (Å²) in [6.07, 6.45) is 0.0826. The second kappa shape index (κ2) is 6.46. The summed E-state index contributed by atoms with van der Waals surface area (Å²) in [7, 11) is 0. The molecule has 1 aliphatic heterocycles. The summed E-state index contributed by atoms with van der Waals surface area (Å²) in [5.41, 5.74) is 2.39. The Hall–Kier alpha value is -2.04. The fourth-order valence-corrected chi connectivity index (χ4v) is 3.64. The highest BCUT2D eigenvalue weighted by molar-refractivity contribution is 6.36. The van der Waals surface area contributed by atoms with Gasteiger partial charge in [-0.05, 0) is 41.8 Å².